The third-order valence-corrected chi connectivity index (χ3v) is 6.78. The van der Waals surface area contributed by atoms with Gasteiger partial charge < -0.3 is 9.52 Å². The number of fused-ring (bicyclic) bond motifs is 2. The summed E-state index contributed by atoms with van der Waals surface area (Å²) < 4.78 is 6.03. The molecule has 0 atom stereocenters. The number of benzene rings is 5. The number of hydrogen-bond acceptors (Lipinski definition) is 6. The number of nitro benzene ring substituents is 1. The molecule has 7 nitrogen and oxygen atoms in total. The number of rotatable bonds is 6. The molecule has 190 valence electrons. The number of oxazole rings is 1. The van der Waals surface area contributed by atoms with Crippen LogP contribution in [0.3, 0.4) is 0 Å². The van der Waals surface area contributed by atoms with Gasteiger partial charge >= 0.3 is 5.69 Å². The fourth-order valence-electron chi connectivity index (χ4n) is 4.59. The molecule has 1 aromatic heterocycles. The largest absolute Gasteiger partial charge is 0.502 e. The Bertz CT molecular complexity index is 1900. The molecule has 6 rings (SSSR count). The summed E-state index contributed by atoms with van der Waals surface area (Å²) in [6, 6.07) is 29.5. The minimum atomic E-state index is -0.593. The Kier molecular flexibility index (Phi) is 6.26. The molecular formula is C31H20ClN3O4. The van der Waals surface area contributed by atoms with Crippen LogP contribution in [0.1, 0.15) is 16.7 Å². The Hall–Kier alpha value is -5.01. The van der Waals surface area contributed by atoms with E-state index in [1.54, 1.807) is 24.3 Å². The van der Waals surface area contributed by atoms with Gasteiger partial charge in [-0.2, -0.15) is 0 Å². The van der Waals surface area contributed by atoms with Crippen molar-refractivity contribution in [1.82, 2.24) is 4.98 Å². The SMILES string of the molecule is O=[N+]([O-])c1cc(Cc2ccccc2)cc(C=Nc2ccc3oc(-c4cccc5c(Cl)cccc45)nc3c2)c1O. The molecule has 0 aliphatic heterocycles. The number of halogens is 1. The minimum absolute atomic E-state index is 0.253. The molecule has 1 heterocycles. The number of aromatic hydroxyl groups is 1. The summed E-state index contributed by atoms with van der Waals surface area (Å²) in [4.78, 5) is 20.1. The molecule has 0 radical (unpaired) electrons. The molecule has 39 heavy (non-hydrogen) atoms. The van der Waals surface area contributed by atoms with Crippen molar-refractivity contribution in [1.29, 1.82) is 0 Å². The van der Waals surface area contributed by atoms with E-state index in [4.69, 9.17) is 16.0 Å². The summed E-state index contributed by atoms with van der Waals surface area (Å²) in [6.07, 6.45) is 1.90. The molecule has 0 aliphatic rings. The van der Waals surface area contributed by atoms with Crippen LogP contribution in [0.4, 0.5) is 11.4 Å². The topological polar surface area (TPSA) is 102 Å². The van der Waals surface area contributed by atoms with Crippen molar-refractivity contribution in [3.05, 3.63) is 129 Å². The number of phenolic OH excluding ortho intramolecular Hbond substituents is 1. The van der Waals surface area contributed by atoms with E-state index in [0.29, 0.717) is 39.7 Å². The van der Waals surface area contributed by atoms with Crippen LogP contribution in [0, 0.1) is 10.1 Å². The smallest absolute Gasteiger partial charge is 0.311 e. The van der Waals surface area contributed by atoms with Gasteiger partial charge in [0.25, 0.3) is 0 Å². The van der Waals surface area contributed by atoms with Crippen molar-refractivity contribution in [3.8, 4) is 17.2 Å². The number of phenols is 1. The van der Waals surface area contributed by atoms with Gasteiger partial charge in [-0.3, -0.25) is 15.1 Å². The van der Waals surface area contributed by atoms with Crippen LogP contribution in [0.25, 0.3) is 33.3 Å². The van der Waals surface area contributed by atoms with Gasteiger partial charge in [-0.1, -0.05) is 66.2 Å². The summed E-state index contributed by atoms with van der Waals surface area (Å²) in [5.74, 6) is 0.0286. The van der Waals surface area contributed by atoms with Gasteiger partial charge in [-0.05, 0) is 59.3 Å². The van der Waals surface area contributed by atoms with E-state index in [1.807, 2.05) is 66.7 Å². The first-order valence-corrected chi connectivity index (χ1v) is 12.5. The summed E-state index contributed by atoms with van der Waals surface area (Å²) in [5.41, 5.74) is 4.15. The zero-order chi connectivity index (χ0) is 26.9. The van der Waals surface area contributed by atoms with Crippen LogP contribution in [-0.4, -0.2) is 21.2 Å². The third-order valence-electron chi connectivity index (χ3n) is 6.45. The predicted octanol–water partition coefficient (Wildman–Crippen LogP) is 8.26. The fourth-order valence-corrected chi connectivity index (χ4v) is 4.82. The molecule has 0 saturated carbocycles. The number of aliphatic imine (C=N–C) groups is 1. The number of nitro groups is 1. The van der Waals surface area contributed by atoms with E-state index in [1.165, 1.54) is 12.3 Å². The molecule has 6 aromatic rings. The third kappa shape index (κ3) is 4.83. The lowest BCUT2D eigenvalue weighted by Crippen LogP contribution is -1.97. The van der Waals surface area contributed by atoms with E-state index >= 15 is 0 Å². The van der Waals surface area contributed by atoms with Crippen LogP contribution in [-0.2, 0) is 6.42 Å². The van der Waals surface area contributed by atoms with Crippen molar-refractivity contribution in [2.75, 3.05) is 0 Å². The molecule has 1 N–H and O–H groups in total. The molecule has 0 bridgehead atoms. The van der Waals surface area contributed by atoms with Gasteiger partial charge in [-0.25, -0.2) is 4.98 Å². The minimum Gasteiger partial charge on any atom is -0.502 e. The fraction of sp³-hybridized carbons (Fsp3) is 0.0323. The van der Waals surface area contributed by atoms with Gasteiger partial charge in [0.2, 0.25) is 11.6 Å². The highest BCUT2D eigenvalue weighted by atomic mass is 35.5. The maximum Gasteiger partial charge on any atom is 0.311 e. The molecule has 5 aromatic carbocycles. The lowest BCUT2D eigenvalue weighted by molar-refractivity contribution is -0.385. The highest BCUT2D eigenvalue weighted by Gasteiger charge is 2.19. The summed E-state index contributed by atoms with van der Waals surface area (Å²) in [5, 5.41) is 24.7. The van der Waals surface area contributed by atoms with Crippen molar-refractivity contribution in [2.24, 2.45) is 4.99 Å². The quantitative estimate of drug-likeness (QED) is 0.132. The maximum atomic E-state index is 11.6. The van der Waals surface area contributed by atoms with E-state index in [9.17, 15) is 15.2 Å². The molecule has 0 fully saturated rings. The van der Waals surface area contributed by atoms with Gasteiger partial charge in [0, 0.05) is 33.8 Å². The molecule has 0 spiro atoms. The average Bonchev–Trinajstić information content (AvgIpc) is 3.37. The molecule has 0 amide bonds. The standard InChI is InChI=1S/C31H20ClN3O4/c32-26-11-5-8-23-24(26)9-4-10-25(23)31-34-27-17-22(12-13-29(27)39-31)33-18-21-15-20(14-19-6-2-1-3-7-19)16-28(30(21)36)35(37)38/h1-13,15-18,36H,14H2. The van der Waals surface area contributed by atoms with Crippen LogP contribution >= 0.6 is 11.6 Å². The van der Waals surface area contributed by atoms with Crippen LogP contribution < -0.4 is 0 Å². The van der Waals surface area contributed by atoms with Gasteiger partial charge in [0.15, 0.2) is 5.58 Å². The first kappa shape index (κ1) is 24.3. The molecule has 0 aliphatic carbocycles. The number of aromatic nitrogens is 1. The van der Waals surface area contributed by atoms with Crippen molar-refractivity contribution in [3.63, 3.8) is 0 Å². The van der Waals surface area contributed by atoms with Crippen LogP contribution in [0.5, 0.6) is 5.75 Å². The monoisotopic (exact) mass is 533 g/mol. The van der Waals surface area contributed by atoms with E-state index in [-0.39, 0.29) is 11.3 Å². The Morgan fingerprint density at radius 2 is 1.72 bits per heavy atom. The predicted molar refractivity (Wildman–Crippen MR) is 153 cm³/mol. The molecular weight excluding hydrogens is 514 g/mol. The number of hydrogen-bond donors (Lipinski definition) is 1. The maximum absolute atomic E-state index is 11.6. The van der Waals surface area contributed by atoms with E-state index < -0.39 is 10.7 Å². The Morgan fingerprint density at radius 3 is 2.54 bits per heavy atom. The zero-order valence-corrected chi connectivity index (χ0v) is 21.2. The summed E-state index contributed by atoms with van der Waals surface area (Å²) >= 11 is 6.37. The van der Waals surface area contributed by atoms with Crippen molar-refractivity contribution in [2.45, 2.75) is 6.42 Å². The summed E-state index contributed by atoms with van der Waals surface area (Å²) in [7, 11) is 0. The lowest BCUT2D eigenvalue weighted by atomic mass is 10.0. The van der Waals surface area contributed by atoms with Gasteiger partial charge in [-0.15, -0.1) is 0 Å². The lowest BCUT2D eigenvalue weighted by Gasteiger charge is -2.06. The van der Waals surface area contributed by atoms with E-state index in [2.05, 4.69) is 9.98 Å². The number of nitrogens with zero attached hydrogens (tertiary/aromatic N) is 3. The molecule has 0 saturated heterocycles. The van der Waals surface area contributed by atoms with Crippen molar-refractivity contribution >= 4 is 51.1 Å². The van der Waals surface area contributed by atoms with Crippen molar-refractivity contribution < 1.29 is 14.4 Å². The Morgan fingerprint density at radius 1 is 0.923 bits per heavy atom. The first-order valence-electron chi connectivity index (χ1n) is 12.1. The second kappa shape index (κ2) is 10.0. The highest BCUT2D eigenvalue weighted by molar-refractivity contribution is 6.35. The Labute approximate surface area is 227 Å². The second-order valence-electron chi connectivity index (χ2n) is 9.04. The van der Waals surface area contributed by atoms with Crippen LogP contribution in [0.15, 0.2) is 106 Å². The van der Waals surface area contributed by atoms with Gasteiger partial charge in [0.1, 0.15) is 5.52 Å². The second-order valence-corrected chi connectivity index (χ2v) is 9.45. The summed E-state index contributed by atoms with van der Waals surface area (Å²) in [6.45, 7) is 0. The molecule has 8 heteroatoms. The average molecular weight is 534 g/mol. The zero-order valence-electron chi connectivity index (χ0n) is 20.4. The van der Waals surface area contributed by atoms with Gasteiger partial charge in [0.05, 0.1) is 10.6 Å². The first-order chi connectivity index (χ1) is 19.0. The Balaban J connectivity index is 1.34. The highest BCUT2D eigenvalue weighted by Crippen LogP contribution is 2.35. The van der Waals surface area contributed by atoms with E-state index in [0.717, 1.165) is 21.9 Å². The van der Waals surface area contributed by atoms with Crippen LogP contribution in [0.2, 0.25) is 5.02 Å². The normalized spacial score (nSPS) is 11.5. The molecule has 0 unspecified atom stereocenters.